The quantitative estimate of drug-likeness (QED) is 0.778. The van der Waals surface area contributed by atoms with Gasteiger partial charge in [0.15, 0.2) is 5.03 Å². The third kappa shape index (κ3) is 4.66. The first-order valence-electron chi connectivity index (χ1n) is 8.38. The summed E-state index contributed by atoms with van der Waals surface area (Å²) in [6, 6.07) is 9.38. The van der Waals surface area contributed by atoms with Crippen molar-refractivity contribution in [1.29, 1.82) is 0 Å². The van der Waals surface area contributed by atoms with Gasteiger partial charge in [-0.3, -0.25) is 0 Å². The highest BCUT2D eigenvalue weighted by atomic mass is 32.2. The van der Waals surface area contributed by atoms with E-state index in [0.29, 0.717) is 31.9 Å². The first-order chi connectivity index (χ1) is 12.1. The highest BCUT2D eigenvalue weighted by Gasteiger charge is 2.31. The van der Waals surface area contributed by atoms with E-state index in [0.717, 1.165) is 5.56 Å². The van der Waals surface area contributed by atoms with Crippen LogP contribution in [-0.4, -0.2) is 43.7 Å². The van der Waals surface area contributed by atoms with E-state index in [1.54, 1.807) is 0 Å². The normalized spacial score (nSPS) is 21.3. The molecule has 0 radical (unpaired) electrons. The van der Waals surface area contributed by atoms with Crippen LogP contribution in [0.2, 0.25) is 0 Å². The number of hydrogen-bond acceptors (Lipinski definition) is 5. The number of aromatic amines is 1. The van der Waals surface area contributed by atoms with Crippen molar-refractivity contribution in [3.63, 3.8) is 0 Å². The number of nitrogens with one attached hydrogen (secondary N) is 2. The van der Waals surface area contributed by atoms with Gasteiger partial charge in [0, 0.05) is 13.0 Å². The van der Waals surface area contributed by atoms with E-state index >= 15 is 0 Å². The Labute approximate surface area is 147 Å². The van der Waals surface area contributed by atoms with Crippen LogP contribution in [0.5, 0.6) is 0 Å². The summed E-state index contributed by atoms with van der Waals surface area (Å²) in [5.74, 6) is 0.636. The molecule has 2 atom stereocenters. The number of sulfonamides is 1. The average Bonchev–Trinajstić information content (AvgIpc) is 3.12. The first-order valence-corrected chi connectivity index (χ1v) is 9.86. The maximum Gasteiger partial charge on any atom is 0.258 e. The summed E-state index contributed by atoms with van der Waals surface area (Å²) in [5, 5.41) is 0.0664. The zero-order chi connectivity index (χ0) is 17.7. The van der Waals surface area contributed by atoms with E-state index in [2.05, 4.69) is 14.7 Å². The fourth-order valence-electron chi connectivity index (χ4n) is 2.73. The second kappa shape index (κ2) is 8.09. The number of ether oxygens (including phenoxy) is 2. The molecule has 0 amide bonds. The summed E-state index contributed by atoms with van der Waals surface area (Å²) < 4.78 is 39.2. The molecule has 3 rings (SSSR count). The molecule has 0 aliphatic carbocycles. The lowest BCUT2D eigenvalue weighted by Crippen LogP contribution is -2.50. The lowest BCUT2D eigenvalue weighted by atomic mass is 10.1. The number of aromatic nitrogens is 2. The Hall–Kier alpha value is -1.74. The van der Waals surface area contributed by atoms with E-state index < -0.39 is 16.1 Å². The van der Waals surface area contributed by atoms with Crippen LogP contribution < -0.4 is 4.72 Å². The molecule has 136 valence electrons. The van der Waals surface area contributed by atoms with E-state index in [1.165, 1.54) is 6.20 Å². The lowest BCUT2D eigenvalue weighted by Gasteiger charge is -2.31. The molecule has 0 bridgehead atoms. The van der Waals surface area contributed by atoms with Crippen molar-refractivity contribution < 1.29 is 17.9 Å². The van der Waals surface area contributed by atoms with Gasteiger partial charge in [0.25, 0.3) is 10.0 Å². The van der Waals surface area contributed by atoms with Crippen LogP contribution in [0.15, 0.2) is 41.6 Å². The zero-order valence-corrected chi connectivity index (χ0v) is 15.0. The minimum Gasteiger partial charge on any atom is -0.380 e. The Bertz CT molecular complexity index is 776. The highest BCUT2D eigenvalue weighted by molar-refractivity contribution is 7.89. The van der Waals surface area contributed by atoms with E-state index in [1.807, 2.05) is 37.3 Å². The maximum atomic E-state index is 12.6. The largest absolute Gasteiger partial charge is 0.380 e. The standard InChI is InChI=1S/C17H23N3O4S/c1-2-16-18-10-17(19-16)25(21,22)20-14-12-23-9-8-15(14)24-11-13-6-4-3-5-7-13/h3-7,10,14-15,20H,2,8-9,11-12H2,1H3,(H,18,19)/t14-,15+/m1/s1. The van der Waals surface area contributed by atoms with Crippen molar-refractivity contribution in [2.24, 2.45) is 0 Å². The molecule has 7 nitrogen and oxygen atoms in total. The van der Waals surface area contributed by atoms with Gasteiger partial charge >= 0.3 is 0 Å². The number of hydrogen-bond donors (Lipinski definition) is 2. The summed E-state index contributed by atoms with van der Waals surface area (Å²) in [6.45, 7) is 3.19. The van der Waals surface area contributed by atoms with Gasteiger partial charge in [0.1, 0.15) is 5.82 Å². The highest BCUT2D eigenvalue weighted by Crippen LogP contribution is 2.17. The summed E-state index contributed by atoms with van der Waals surface area (Å²) >= 11 is 0. The van der Waals surface area contributed by atoms with E-state index in [-0.39, 0.29) is 17.7 Å². The number of H-pyrrole nitrogens is 1. The molecular weight excluding hydrogens is 342 g/mol. The molecule has 25 heavy (non-hydrogen) atoms. The molecule has 1 saturated heterocycles. The molecular formula is C17H23N3O4S. The predicted molar refractivity (Wildman–Crippen MR) is 92.5 cm³/mol. The minimum absolute atomic E-state index is 0.0664. The molecule has 0 spiro atoms. The lowest BCUT2D eigenvalue weighted by molar-refractivity contribution is -0.0572. The van der Waals surface area contributed by atoms with Gasteiger partial charge in [-0.05, 0) is 12.0 Å². The van der Waals surface area contributed by atoms with Crippen molar-refractivity contribution in [3.8, 4) is 0 Å². The van der Waals surface area contributed by atoms with Gasteiger partial charge in [-0.2, -0.15) is 0 Å². The van der Waals surface area contributed by atoms with Gasteiger partial charge in [-0.15, -0.1) is 0 Å². The van der Waals surface area contributed by atoms with Crippen LogP contribution in [0.25, 0.3) is 0 Å². The van der Waals surface area contributed by atoms with Crippen molar-refractivity contribution in [2.75, 3.05) is 13.2 Å². The average molecular weight is 365 g/mol. The number of rotatable bonds is 7. The van der Waals surface area contributed by atoms with Crippen LogP contribution >= 0.6 is 0 Å². The SMILES string of the molecule is CCc1ncc(S(=O)(=O)N[C@@H]2COCC[C@@H]2OCc2ccccc2)[nH]1. The number of aryl methyl sites for hydroxylation is 1. The molecule has 2 aromatic rings. The zero-order valence-electron chi connectivity index (χ0n) is 14.1. The molecule has 0 saturated carbocycles. The van der Waals surface area contributed by atoms with Crippen LogP contribution in [0.1, 0.15) is 24.7 Å². The van der Waals surface area contributed by atoms with Crippen molar-refractivity contribution in [1.82, 2.24) is 14.7 Å². The number of nitrogens with zero attached hydrogens (tertiary/aromatic N) is 1. The fourth-order valence-corrected chi connectivity index (χ4v) is 3.92. The van der Waals surface area contributed by atoms with Crippen molar-refractivity contribution in [2.45, 2.75) is 43.5 Å². The first kappa shape index (κ1) is 18.1. The van der Waals surface area contributed by atoms with Crippen molar-refractivity contribution in [3.05, 3.63) is 47.9 Å². The Morgan fingerprint density at radius 1 is 1.36 bits per heavy atom. The fraction of sp³-hybridized carbons (Fsp3) is 0.471. The van der Waals surface area contributed by atoms with Crippen LogP contribution in [0.4, 0.5) is 0 Å². The minimum atomic E-state index is -3.69. The second-order valence-electron chi connectivity index (χ2n) is 5.97. The van der Waals surface area contributed by atoms with E-state index in [9.17, 15) is 8.42 Å². The number of benzene rings is 1. The van der Waals surface area contributed by atoms with Crippen molar-refractivity contribution >= 4 is 10.0 Å². The molecule has 1 fully saturated rings. The molecule has 2 N–H and O–H groups in total. The topological polar surface area (TPSA) is 93.3 Å². The maximum absolute atomic E-state index is 12.6. The number of imidazole rings is 1. The molecule has 1 aliphatic heterocycles. The molecule has 8 heteroatoms. The Morgan fingerprint density at radius 2 is 2.16 bits per heavy atom. The molecule has 0 unspecified atom stereocenters. The Kier molecular flexibility index (Phi) is 5.85. The van der Waals surface area contributed by atoms with Gasteiger partial charge in [0.05, 0.1) is 31.6 Å². The molecule has 1 aromatic heterocycles. The third-order valence-corrected chi connectivity index (χ3v) is 5.54. The predicted octanol–water partition coefficient (Wildman–Crippen LogP) is 1.62. The van der Waals surface area contributed by atoms with Gasteiger partial charge in [0.2, 0.25) is 0 Å². The second-order valence-corrected chi connectivity index (χ2v) is 7.66. The van der Waals surface area contributed by atoms with Crippen LogP contribution in [0, 0.1) is 0 Å². The Balaban J connectivity index is 1.66. The summed E-state index contributed by atoms with van der Waals surface area (Å²) in [5.41, 5.74) is 1.05. The summed E-state index contributed by atoms with van der Waals surface area (Å²) in [7, 11) is -3.69. The molecule has 1 aromatic carbocycles. The van der Waals surface area contributed by atoms with Crippen LogP contribution in [-0.2, 0) is 32.5 Å². The van der Waals surface area contributed by atoms with Crippen LogP contribution in [0.3, 0.4) is 0 Å². The molecule has 1 aliphatic rings. The van der Waals surface area contributed by atoms with Gasteiger partial charge in [-0.1, -0.05) is 37.3 Å². The van der Waals surface area contributed by atoms with Gasteiger partial charge < -0.3 is 14.5 Å². The monoisotopic (exact) mass is 365 g/mol. The molecule has 2 heterocycles. The summed E-state index contributed by atoms with van der Waals surface area (Å²) in [4.78, 5) is 6.87. The van der Waals surface area contributed by atoms with E-state index in [4.69, 9.17) is 9.47 Å². The summed E-state index contributed by atoms with van der Waals surface area (Å²) in [6.07, 6.45) is 2.39. The smallest absolute Gasteiger partial charge is 0.258 e. The third-order valence-electron chi connectivity index (χ3n) is 4.14. The Morgan fingerprint density at radius 3 is 2.88 bits per heavy atom. The van der Waals surface area contributed by atoms with Gasteiger partial charge in [-0.25, -0.2) is 18.1 Å².